The molecule has 6 nitrogen and oxygen atoms in total. The molecule has 0 aromatic rings. The standard InChI is InChI=1S/C74H122O6/c1-4-7-10-13-16-19-22-25-27-29-31-33-35-37-39-41-43-45-47-49-52-55-58-61-64-67-73(76)79-70-71(69-78-72(75)66-63-60-57-54-51-24-21-18-15-12-9-6-3)80-74(77)68-65-62-59-56-53-50-48-46-44-42-40-38-36-34-32-30-28-26-23-20-17-14-11-8-5-2/h7-8,10-11,16-17,19-20,25-28,31-34,37-40,43,45,71H,4-6,9,12-15,18,21-24,29-30,35-36,41-42,44,46-70H2,1-3H3/b10-7-,11-8-,19-16-,20-17-,27-25-,28-26-,33-31-,34-32-,39-37-,40-38-,45-43-. The van der Waals surface area contributed by atoms with Gasteiger partial charge in [-0.3, -0.25) is 14.4 Å². The summed E-state index contributed by atoms with van der Waals surface area (Å²) in [6.45, 7) is 6.41. The van der Waals surface area contributed by atoms with Crippen LogP contribution in [0, 0.1) is 0 Å². The van der Waals surface area contributed by atoms with Crippen molar-refractivity contribution < 1.29 is 28.6 Å². The number of ether oxygens (including phenoxy) is 3. The Morgan fingerprint density at radius 2 is 0.487 bits per heavy atom. The average Bonchev–Trinajstić information content (AvgIpc) is 3.46. The number of carbonyl (C=O) groups is 3. The zero-order valence-electron chi connectivity index (χ0n) is 52.0. The second kappa shape index (κ2) is 67.1. The molecule has 6 heteroatoms. The number of carbonyl (C=O) groups excluding carboxylic acids is 3. The maximum Gasteiger partial charge on any atom is 0.306 e. The van der Waals surface area contributed by atoms with Crippen molar-refractivity contribution in [2.45, 2.75) is 303 Å². The maximum absolute atomic E-state index is 12.9. The summed E-state index contributed by atoms with van der Waals surface area (Å²) in [4.78, 5) is 38.4. The van der Waals surface area contributed by atoms with E-state index in [0.29, 0.717) is 19.3 Å². The number of unbranched alkanes of at least 4 members (excludes halogenated alkanes) is 26. The van der Waals surface area contributed by atoms with Crippen molar-refractivity contribution in [1.82, 2.24) is 0 Å². The second-order valence-corrected chi connectivity index (χ2v) is 21.6. The van der Waals surface area contributed by atoms with Crippen LogP contribution in [-0.4, -0.2) is 37.2 Å². The molecule has 0 spiro atoms. The van der Waals surface area contributed by atoms with E-state index in [0.717, 1.165) is 148 Å². The molecule has 454 valence electrons. The second-order valence-electron chi connectivity index (χ2n) is 21.6. The summed E-state index contributed by atoms with van der Waals surface area (Å²) >= 11 is 0. The van der Waals surface area contributed by atoms with Gasteiger partial charge < -0.3 is 14.2 Å². The lowest BCUT2D eigenvalue weighted by atomic mass is 10.0. The van der Waals surface area contributed by atoms with Crippen LogP contribution in [0.4, 0.5) is 0 Å². The molecule has 0 aliphatic heterocycles. The molecule has 1 atom stereocenters. The molecule has 0 aromatic heterocycles. The lowest BCUT2D eigenvalue weighted by molar-refractivity contribution is -0.167. The van der Waals surface area contributed by atoms with Crippen LogP contribution in [0.2, 0.25) is 0 Å². The molecular weight excluding hydrogens is 985 g/mol. The number of hydrogen-bond acceptors (Lipinski definition) is 6. The van der Waals surface area contributed by atoms with E-state index in [4.69, 9.17) is 14.2 Å². The fraction of sp³-hybridized carbons (Fsp3) is 0.662. The van der Waals surface area contributed by atoms with Crippen LogP contribution in [-0.2, 0) is 28.6 Å². The number of allylic oxidation sites excluding steroid dienone is 22. The van der Waals surface area contributed by atoms with E-state index in [9.17, 15) is 14.4 Å². The van der Waals surface area contributed by atoms with Gasteiger partial charge in [-0.2, -0.15) is 0 Å². The number of esters is 3. The fourth-order valence-electron chi connectivity index (χ4n) is 9.00. The van der Waals surface area contributed by atoms with Crippen LogP contribution in [0.1, 0.15) is 297 Å². The largest absolute Gasteiger partial charge is 0.462 e. The van der Waals surface area contributed by atoms with Gasteiger partial charge in [0.05, 0.1) is 0 Å². The van der Waals surface area contributed by atoms with Gasteiger partial charge in [0.1, 0.15) is 13.2 Å². The van der Waals surface area contributed by atoms with Gasteiger partial charge >= 0.3 is 17.9 Å². The Bertz CT molecular complexity index is 1700. The Balaban J connectivity index is 4.37. The SMILES string of the molecule is CC/C=C\C/C=C\C/C=C\C/C=C\C/C=C\C/C=C\CCCCCCCCC(=O)OCC(COC(=O)CCCCCCCCCCCCCC)OC(=O)CCCCCCCCCCC/C=C\C/C=C\C/C=C\C/C=C\C/C=C\CC. The van der Waals surface area contributed by atoms with Crippen molar-refractivity contribution in [3.63, 3.8) is 0 Å². The van der Waals surface area contributed by atoms with Gasteiger partial charge in [0.15, 0.2) is 6.10 Å². The van der Waals surface area contributed by atoms with Crippen LogP contribution in [0.3, 0.4) is 0 Å². The summed E-state index contributed by atoms with van der Waals surface area (Å²) in [5, 5.41) is 0. The van der Waals surface area contributed by atoms with E-state index in [1.54, 1.807) is 0 Å². The first-order chi connectivity index (χ1) is 39.5. The van der Waals surface area contributed by atoms with E-state index < -0.39 is 6.10 Å². The topological polar surface area (TPSA) is 78.9 Å². The first kappa shape index (κ1) is 75.5. The molecule has 0 aliphatic rings. The monoisotopic (exact) mass is 1110 g/mol. The molecule has 0 fully saturated rings. The molecule has 1 unspecified atom stereocenters. The van der Waals surface area contributed by atoms with E-state index in [1.165, 1.54) is 109 Å². The lowest BCUT2D eigenvalue weighted by Crippen LogP contribution is -2.30. The van der Waals surface area contributed by atoms with Gasteiger partial charge in [-0.1, -0.05) is 296 Å². The zero-order valence-corrected chi connectivity index (χ0v) is 52.0. The molecule has 0 aromatic carbocycles. The Labute approximate surface area is 494 Å². The first-order valence-electron chi connectivity index (χ1n) is 33.2. The van der Waals surface area contributed by atoms with Crippen molar-refractivity contribution in [3.05, 3.63) is 134 Å². The minimum atomic E-state index is -0.792. The molecule has 0 amide bonds. The molecule has 0 rings (SSSR count). The minimum absolute atomic E-state index is 0.0863. The van der Waals surface area contributed by atoms with Crippen molar-refractivity contribution in [2.24, 2.45) is 0 Å². The summed E-state index contributed by atoms with van der Waals surface area (Å²) in [5.41, 5.74) is 0. The Morgan fingerprint density at radius 3 is 0.762 bits per heavy atom. The smallest absolute Gasteiger partial charge is 0.306 e. The molecule has 0 radical (unpaired) electrons. The molecule has 0 N–H and O–H groups in total. The normalized spacial score (nSPS) is 13.0. The first-order valence-corrected chi connectivity index (χ1v) is 33.2. The highest BCUT2D eigenvalue weighted by Gasteiger charge is 2.19. The molecule has 0 saturated heterocycles. The summed E-state index contributed by atoms with van der Waals surface area (Å²) in [6, 6.07) is 0. The van der Waals surface area contributed by atoms with Crippen molar-refractivity contribution in [1.29, 1.82) is 0 Å². The quantitative estimate of drug-likeness (QED) is 0.0261. The molecule has 0 saturated carbocycles. The average molecular weight is 1110 g/mol. The Kier molecular flexibility index (Phi) is 63.3. The molecule has 0 aliphatic carbocycles. The van der Waals surface area contributed by atoms with Gasteiger partial charge in [0.25, 0.3) is 0 Å². The van der Waals surface area contributed by atoms with E-state index in [2.05, 4.69) is 154 Å². The van der Waals surface area contributed by atoms with Gasteiger partial charge in [0.2, 0.25) is 0 Å². The van der Waals surface area contributed by atoms with Crippen molar-refractivity contribution in [2.75, 3.05) is 13.2 Å². The van der Waals surface area contributed by atoms with Crippen LogP contribution >= 0.6 is 0 Å². The number of rotatable bonds is 59. The maximum atomic E-state index is 12.9. The van der Waals surface area contributed by atoms with Crippen LogP contribution in [0.25, 0.3) is 0 Å². The summed E-state index contributed by atoms with van der Waals surface area (Å²) in [5.74, 6) is -0.902. The lowest BCUT2D eigenvalue weighted by Gasteiger charge is -2.18. The van der Waals surface area contributed by atoms with E-state index >= 15 is 0 Å². The number of hydrogen-bond donors (Lipinski definition) is 0. The summed E-state index contributed by atoms with van der Waals surface area (Å²) < 4.78 is 16.9. The third-order valence-electron chi connectivity index (χ3n) is 13.9. The van der Waals surface area contributed by atoms with Gasteiger partial charge in [-0.25, -0.2) is 0 Å². The predicted octanol–water partition coefficient (Wildman–Crippen LogP) is 22.9. The van der Waals surface area contributed by atoms with Crippen LogP contribution in [0.5, 0.6) is 0 Å². The summed E-state index contributed by atoms with van der Waals surface area (Å²) in [7, 11) is 0. The van der Waals surface area contributed by atoms with Crippen LogP contribution in [0.15, 0.2) is 134 Å². The van der Waals surface area contributed by atoms with Gasteiger partial charge in [-0.05, 0) is 116 Å². The molecular formula is C74H122O6. The molecule has 0 bridgehead atoms. The summed E-state index contributed by atoms with van der Waals surface area (Å²) in [6.07, 6.45) is 94.5. The molecule has 0 heterocycles. The van der Waals surface area contributed by atoms with Gasteiger partial charge in [-0.15, -0.1) is 0 Å². The van der Waals surface area contributed by atoms with E-state index in [-0.39, 0.29) is 31.1 Å². The highest BCUT2D eigenvalue weighted by Crippen LogP contribution is 2.16. The van der Waals surface area contributed by atoms with E-state index in [1.807, 2.05) is 0 Å². The predicted molar refractivity (Wildman–Crippen MR) is 348 cm³/mol. The minimum Gasteiger partial charge on any atom is -0.462 e. The third-order valence-corrected chi connectivity index (χ3v) is 13.9. The highest BCUT2D eigenvalue weighted by molar-refractivity contribution is 5.71. The fourth-order valence-corrected chi connectivity index (χ4v) is 9.00. The highest BCUT2D eigenvalue weighted by atomic mass is 16.6. The Hall–Kier alpha value is -4.45. The van der Waals surface area contributed by atoms with Crippen LogP contribution < -0.4 is 0 Å². The van der Waals surface area contributed by atoms with Crippen molar-refractivity contribution >= 4 is 17.9 Å². The molecule has 80 heavy (non-hydrogen) atoms. The third kappa shape index (κ3) is 64.4. The van der Waals surface area contributed by atoms with Gasteiger partial charge in [0, 0.05) is 19.3 Å². The zero-order chi connectivity index (χ0) is 57.8. The Morgan fingerprint density at radius 1 is 0.263 bits per heavy atom. The van der Waals surface area contributed by atoms with Crippen molar-refractivity contribution in [3.8, 4) is 0 Å².